The Balaban J connectivity index is 1.89. The van der Waals surface area contributed by atoms with Crippen molar-refractivity contribution in [1.82, 2.24) is 0 Å². The predicted octanol–water partition coefficient (Wildman–Crippen LogP) is 5.88. The number of non-ortho nitro benzene ring substituents is 1. The van der Waals surface area contributed by atoms with Gasteiger partial charge in [-0.05, 0) is 18.2 Å². The van der Waals surface area contributed by atoms with Crippen LogP contribution in [-0.4, -0.2) is 18.2 Å². The van der Waals surface area contributed by atoms with Crippen LogP contribution in [0.4, 0.5) is 42.1 Å². The summed E-state index contributed by atoms with van der Waals surface area (Å²) in [5.74, 6) is -9.76. The summed E-state index contributed by atoms with van der Waals surface area (Å²) >= 11 is 0. The number of anilines is 1. The molecule has 0 bridgehead atoms. The van der Waals surface area contributed by atoms with Gasteiger partial charge in [-0.2, -0.15) is 18.3 Å². The van der Waals surface area contributed by atoms with E-state index in [9.17, 15) is 40.8 Å². The minimum Gasteiger partial charge on any atom is -0.496 e. The summed E-state index contributed by atoms with van der Waals surface area (Å²) in [6, 6.07) is 6.31. The van der Waals surface area contributed by atoms with Gasteiger partial charge in [0.15, 0.2) is 23.3 Å². The Morgan fingerprint density at radius 2 is 1.70 bits per heavy atom. The second-order valence-electron chi connectivity index (χ2n) is 6.22. The van der Waals surface area contributed by atoms with Crippen LogP contribution in [0.25, 0.3) is 11.3 Å². The minimum absolute atomic E-state index is 0.0704. The quantitative estimate of drug-likeness (QED) is 0.157. The number of hydrogen-bond acceptors (Lipinski definition) is 6. The third kappa shape index (κ3) is 4.58. The Bertz CT molecular complexity index is 1230. The van der Waals surface area contributed by atoms with Crippen LogP contribution >= 0.6 is 0 Å². The van der Waals surface area contributed by atoms with E-state index in [2.05, 4.69) is 5.10 Å². The van der Waals surface area contributed by atoms with Crippen molar-refractivity contribution in [1.29, 1.82) is 0 Å². The summed E-state index contributed by atoms with van der Waals surface area (Å²) in [6.07, 6.45) is -4.88. The normalized spacial score (nSPS) is 11.8. The Hall–Kier alpha value is -4.10. The highest BCUT2D eigenvalue weighted by atomic mass is 19.4. The van der Waals surface area contributed by atoms with Crippen molar-refractivity contribution in [2.24, 2.45) is 5.10 Å². The van der Waals surface area contributed by atoms with E-state index in [0.717, 1.165) is 12.3 Å². The Labute approximate surface area is 179 Å². The van der Waals surface area contributed by atoms with E-state index in [1.807, 2.05) is 0 Å². The van der Waals surface area contributed by atoms with Gasteiger partial charge in [0.1, 0.15) is 28.5 Å². The molecule has 3 aromatic rings. The summed E-state index contributed by atoms with van der Waals surface area (Å²) in [5, 5.41) is 14.3. The predicted molar refractivity (Wildman–Crippen MR) is 99.8 cm³/mol. The van der Waals surface area contributed by atoms with Crippen molar-refractivity contribution >= 4 is 17.6 Å². The molecule has 0 amide bonds. The number of benzene rings is 2. The highest BCUT2D eigenvalue weighted by Crippen LogP contribution is 2.38. The molecule has 0 aliphatic heterocycles. The summed E-state index contributed by atoms with van der Waals surface area (Å²) < 4.78 is 103. The number of furan rings is 1. The lowest BCUT2D eigenvalue weighted by molar-refractivity contribution is -0.384. The molecule has 0 saturated carbocycles. The van der Waals surface area contributed by atoms with Gasteiger partial charge in [-0.3, -0.25) is 15.5 Å². The zero-order chi connectivity index (χ0) is 24.5. The van der Waals surface area contributed by atoms with Crippen molar-refractivity contribution in [2.45, 2.75) is 6.18 Å². The molecule has 0 fully saturated rings. The molecule has 33 heavy (non-hydrogen) atoms. The summed E-state index contributed by atoms with van der Waals surface area (Å²) in [7, 11) is 1.31. The first-order chi connectivity index (χ1) is 15.5. The molecule has 174 valence electrons. The maximum atomic E-state index is 13.9. The van der Waals surface area contributed by atoms with Crippen LogP contribution in [0, 0.1) is 33.4 Å². The van der Waals surface area contributed by atoms with Crippen molar-refractivity contribution in [3.63, 3.8) is 0 Å². The van der Waals surface area contributed by atoms with Gasteiger partial charge in [0.2, 0.25) is 0 Å². The second-order valence-corrected chi connectivity index (χ2v) is 6.22. The highest BCUT2D eigenvalue weighted by molar-refractivity contribution is 5.79. The fourth-order valence-electron chi connectivity index (χ4n) is 2.71. The zero-order valence-electron chi connectivity index (χ0n) is 16.1. The Kier molecular flexibility index (Phi) is 6.28. The molecule has 1 heterocycles. The van der Waals surface area contributed by atoms with Crippen molar-refractivity contribution < 1.29 is 44.8 Å². The average molecular weight is 477 g/mol. The SMILES string of the molecule is COc1ccc([N+](=O)[O-])cc1-c1ccc(/C=N\Nc2c(F)c(F)c(C(F)(F)F)c(F)c2F)o1. The number of nitro benzene ring substituents is 1. The van der Waals surface area contributed by atoms with Gasteiger partial charge in [0.25, 0.3) is 5.69 Å². The molecule has 1 N–H and O–H groups in total. The number of nitro groups is 1. The number of nitrogens with zero attached hydrogens (tertiary/aromatic N) is 2. The maximum Gasteiger partial charge on any atom is 0.422 e. The monoisotopic (exact) mass is 477 g/mol. The molecule has 3 rings (SSSR count). The van der Waals surface area contributed by atoms with Gasteiger partial charge in [-0.25, -0.2) is 17.6 Å². The third-order valence-electron chi connectivity index (χ3n) is 4.20. The number of nitrogens with one attached hydrogen (secondary N) is 1. The number of halogens is 7. The number of hydrogen-bond donors (Lipinski definition) is 1. The molecule has 0 spiro atoms. The Morgan fingerprint density at radius 3 is 2.24 bits per heavy atom. The summed E-state index contributed by atoms with van der Waals surface area (Å²) in [4.78, 5) is 10.3. The van der Waals surface area contributed by atoms with Crippen LogP contribution in [0.15, 0.2) is 39.9 Å². The smallest absolute Gasteiger partial charge is 0.422 e. The third-order valence-corrected chi connectivity index (χ3v) is 4.20. The number of ether oxygens (including phenoxy) is 1. The lowest BCUT2D eigenvalue weighted by atomic mass is 10.1. The van der Waals surface area contributed by atoms with Crippen LogP contribution in [0.2, 0.25) is 0 Å². The lowest BCUT2D eigenvalue weighted by Crippen LogP contribution is -2.16. The van der Waals surface area contributed by atoms with Gasteiger partial charge in [-0.15, -0.1) is 0 Å². The molecule has 7 nitrogen and oxygen atoms in total. The number of rotatable bonds is 6. The van der Waals surface area contributed by atoms with E-state index >= 15 is 0 Å². The van der Waals surface area contributed by atoms with E-state index in [1.165, 1.54) is 31.4 Å². The number of methoxy groups -OCH3 is 1. The fourth-order valence-corrected chi connectivity index (χ4v) is 2.71. The van der Waals surface area contributed by atoms with Crippen LogP contribution in [0.5, 0.6) is 5.75 Å². The van der Waals surface area contributed by atoms with E-state index in [0.29, 0.717) is 0 Å². The molecule has 2 aromatic carbocycles. The minimum atomic E-state index is -5.67. The first kappa shape index (κ1) is 23.6. The first-order valence-electron chi connectivity index (χ1n) is 8.60. The van der Waals surface area contributed by atoms with Crippen LogP contribution in [-0.2, 0) is 6.18 Å². The van der Waals surface area contributed by atoms with Gasteiger partial charge in [0.05, 0.1) is 23.8 Å². The van der Waals surface area contributed by atoms with Gasteiger partial charge >= 0.3 is 6.18 Å². The molecular formula is C19H10F7N3O4. The molecule has 14 heteroatoms. The molecule has 0 saturated heterocycles. The average Bonchev–Trinajstić information content (AvgIpc) is 3.22. The van der Waals surface area contributed by atoms with Crippen molar-refractivity contribution in [3.05, 3.63) is 75.0 Å². The molecule has 1 aromatic heterocycles. The van der Waals surface area contributed by atoms with Gasteiger partial charge < -0.3 is 9.15 Å². The summed E-state index contributed by atoms with van der Waals surface area (Å²) in [6.45, 7) is 0. The summed E-state index contributed by atoms with van der Waals surface area (Å²) in [5.41, 5.74) is -2.81. The number of hydrazone groups is 1. The van der Waals surface area contributed by atoms with Crippen LogP contribution < -0.4 is 10.2 Å². The lowest BCUT2D eigenvalue weighted by Gasteiger charge is -2.13. The molecule has 0 aliphatic carbocycles. The highest BCUT2D eigenvalue weighted by Gasteiger charge is 2.42. The molecule has 0 atom stereocenters. The van der Waals surface area contributed by atoms with E-state index in [-0.39, 0.29) is 28.5 Å². The fraction of sp³-hybridized carbons (Fsp3) is 0.105. The zero-order valence-corrected chi connectivity index (χ0v) is 16.1. The Morgan fingerprint density at radius 1 is 1.06 bits per heavy atom. The number of alkyl halides is 3. The molecule has 0 aliphatic rings. The van der Waals surface area contributed by atoms with Crippen molar-refractivity contribution in [2.75, 3.05) is 12.5 Å². The first-order valence-corrected chi connectivity index (χ1v) is 8.60. The van der Waals surface area contributed by atoms with E-state index in [1.54, 1.807) is 5.43 Å². The largest absolute Gasteiger partial charge is 0.496 e. The second kappa shape index (κ2) is 8.80. The maximum absolute atomic E-state index is 13.9. The molecular weight excluding hydrogens is 467 g/mol. The van der Waals surface area contributed by atoms with E-state index < -0.39 is 45.6 Å². The topological polar surface area (TPSA) is 89.9 Å². The van der Waals surface area contributed by atoms with Crippen LogP contribution in [0.1, 0.15) is 11.3 Å². The van der Waals surface area contributed by atoms with Gasteiger partial charge in [0, 0.05) is 12.1 Å². The van der Waals surface area contributed by atoms with Crippen molar-refractivity contribution in [3.8, 4) is 17.1 Å². The standard InChI is InChI=1S/C19H10F7N3O4/c1-32-11-4-2-8(29(30)31)6-10(11)12-5-3-9(33-12)7-27-28-18-16(22)14(20)13(19(24,25)26)15(21)17(18)23/h2-7,28H,1H3/b27-7-. The van der Waals surface area contributed by atoms with Crippen LogP contribution in [0.3, 0.4) is 0 Å². The van der Waals surface area contributed by atoms with Gasteiger partial charge in [-0.1, -0.05) is 0 Å². The molecule has 0 unspecified atom stereocenters. The molecule has 0 radical (unpaired) electrons. The van der Waals surface area contributed by atoms with E-state index in [4.69, 9.17) is 9.15 Å².